The first-order chi connectivity index (χ1) is 15.6. The van der Waals surface area contributed by atoms with Crippen LogP contribution in [-0.4, -0.2) is 30.4 Å². The lowest BCUT2D eigenvalue weighted by Gasteiger charge is -2.40. The minimum Gasteiger partial charge on any atom is -0.311 e. The molecule has 2 aliphatic heterocycles. The van der Waals surface area contributed by atoms with Crippen molar-refractivity contribution in [1.82, 2.24) is 4.90 Å². The number of carbonyl (C=O) groups excluding carboxylic acids is 1. The molecule has 3 aliphatic rings. The molecule has 2 fully saturated rings. The van der Waals surface area contributed by atoms with Gasteiger partial charge in [-0.25, -0.2) is 0 Å². The zero-order valence-electron chi connectivity index (χ0n) is 19.0. The molecule has 3 heteroatoms. The maximum Gasteiger partial charge on any atom is 0.230 e. The summed E-state index contributed by atoms with van der Waals surface area (Å²) in [7, 11) is 0. The third-order valence-corrected chi connectivity index (χ3v) is 8.23. The smallest absolute Gasteiger partial charge is 0.230 e. The van der Waals surface area contributed by atoms with Crippen molar-refractivity contribution in [2.45, 2.75) is 51.0 Å². The van der Waals surface area contributed by atoms with Gasteiger partial charge in [-0.1, -0.05) is 60.5 Å². The first kappa shape index (κ1) is 20.0. The van der Waals surface area contributed by atoms with Gasteiger partial charge in [-0.3, -0.25) is 9.69 Å². The number of carbonyl (C=O) groups is 1. The monoisotopic (exact) mass is 424 g/mol. The lowest BCUT2D eigenvalue weighted by atomic mass is 9.74. The molecule has 2 heterocycles. The molecule has 0 radical (unpaired) electrons. The fourth-order valence-corrected chi connectivity index (χ4v) is 6.02. The summed E-state index contributed by atoms with van der Waals surface area (Å²) < 4.78 is 0. The molecule has 1 saturated carbocycles. The van der Waals surface area contributed by atoms with E-state index in [1.54, 1.807) is 0 Å². The van der Waals surface area contributed by atoms with Gasteiger partial charge in [-0.2, -0.15) is 0 Å². The zero-order chi connectivity index (χ0) is 21.7. The Hall–Kier alpha value is -2.65. The van der Waals surface area contributed by atoms with Gasteiger partial charge in [0.25, 0.3) is 0 Å². The van der Waals surface area contributed by atoms with Crippen molar-refractivity contribution in [2.24, 2.45) is 5.92 Å². The molecule has 6 rings (SSSR count). The molecule has 0 N–H and O–H groups in total. The Morgan fingerprint density at radius 2 is 1.75 bits per heavy atom. The highest BCUT2D eigenvalue weighted by Gasteiger charge is 2.47. The molecular formula is C29H32N2O. The van der Waals surface area contributed by atoms with E-state index in [0.29, 0.717) is 5.91 Å². The van der Waals surface area contributed by atoms with Gasteiger partial charge in [0.2, 0.25) is 5.91 Å². The Bertz CT molecular complexity index is 1170. The number of nitrogens with zero attached hydrogens (tertiary/aromatic N) is 2. The van der Waals surface area contributed by atoms with Crippen LogP contribution >= 0.6 is 0 Å². The van der Waals surface area contributed by atoms with Gasteiger partial charge in [0.1, 0.15) is 0 Å². The van der Waals surface area contributed by atoms with Gasteiger partial charge in [0.15, 0.2) is 0 Å². The van der Waals surface area contributed by atoms with Crippen molar-refractivity contribution >= 4 is 22.4 Å². The van der Waals surface area contributed by atoms with Crippen LogP contribution in [0.15, 0.2) is 60.7 Å². The van der Waals surface area contributed by atoms with Crippen molar-refractivity contribution in [2.75, 3.05) is 24.5 Å². The number of piperidine rings is 1. The highest BCUT2D eigenvalue weighted by atomic mass is 16.2. The van der Waals surface area contributed by atoms with E-state index in [1.165, 1.54) is 39.6 Å². The molecule has 3 aromatic rings. The average molecular weight is 425 g/mol. The van der Waals surface area contributed by atoms with Gasteiger partial charge in [0.05, 0.1) is 0 Å². The van der Waals surface area contributed by atoms with E-state index in [0.717, 1.165) is 51.9 Å². The molecule has 0 bridgehead atoms. The standard InChI is InChI=1S/C29H32N2O/c1-21-9-12-27-26(17-21)29(20-31(27)28(32)24-7-4-8-24)13-15-30(16-14-29)19-22-10-11-23-5-2-3-6-25(23)18-22/h2-3,5-6,9-12,17-18,24H,4,7-8,13-16,19-20H2,1H3. The van der Waals surface area contributed by atoms with E-state index in [9.17, 15) is 4.79 Å². The van der Waals surface area contributed by atoms with Crippen LogP contribution in [0.4, 0.5) is 5.69 Å². The van der Waals surface area contributed by atoms with E-state index in [2.05, 4.69) is 77.4 Å². The number of hydrogen-bond donors (Lipinski definition) is 0. The van der Waals surface area contributed by atoms with Crippen LogP contribution in [-0.2, 0) is 16.8 Å². The minimum atomic E-state index is 0.126. The Labute approximate surface area is 191 Å². The SMILES string of the molecule is Cc1ccc2c(c1)C1(CCN(Cc3ccc4ccccc4c3)CC1)CN2C(=O)C1CCC1. The van der Waals surface area contributed by atoms with Crippen molar-refractivity contribution in [3.63, 3.8) is 0 Å². The van der Waals surface area contributed by atoms with E-state index < -0.39 is 0 Å². The average Bonchev–Trinajstić information content (AvgIpc) is 3.07. The number of amides is 1. The maximum atomic E-state index is 13.2. The van der Waals surface area contributed by atoms with Crippen LogP contribution in [0.25, 0.3) is 10.8 Å². The molecule has 1 saturated heterocycles. The number of hydrogen-bond acceptors (Lipinski definition) is 2. The molecule has 0 aromatic heterocycles. The summed E-state index contributed by atoms with van der Waals surface area (Å²) in [4.78, 5) is 18.0. The van der Waals surface area contributed by atoms with Crippen molar-refractivity contribution < 1.29 is 4.79 Å². The molecule has 32 heavy (non-hydrogen) atoms. The van der Waals surface area contributed by atoms with Crippen LogP contribution in [0.2, 0.25) is 0 Å². The number of fused-ring (bicyclic) bond motifs is 3. The fraction of sp³-hybridized carbons (Fsp3) is 0.414. The van der Waals surface area contributed by atoms with E-state index in [1.807, 2.05) is 0 Å². The zero-order valence-corrected chi connectivity index (χ0v) is 19.0. The Morgan fingerprint density at radius 1 is 0.969 bits per heavy atom. The second-order valence-electron chi connectivity index (χ2n) is 10.3. The Morgan fingerprint density at radius 3 is 2.50 bits per heavy atom. The molecule has 3 aromatic carbocycles. The van der Waals surface area contributed by atoms with E-state index in [-0.39, 0.29) is 11.3 Å². The topological polar surface area (TPSA) is 23.6 Å². The molecule has 1 spiro atoms. The van der Waals surface area contributed by atoms with Gasteiger partial charge in [0, 0.05) is 30.1 Å². The molecule has 0 atom stereocenters. The largest absolute Gasteiger partial charge is 0.311 e. The third kappa shape index (κ3) is 3.34. The van der Waals surface area contributed by atoms with Crippen molar-refractivity contribution in [3.8, 4) is 0 Å². The minimum absolute atomic E-state index is 0.126. The molecule has 1 aliphatic carbocycles. The summed E-state index contributed by atoms with van der Waals surface area (Å²) in [5.41, 5.74) is 5.44. The van der Waals surface area contributed by atoms with Crippen LogP contribution in [0, 0.1) is 12.8 Å². The fourth-order valence-electron chi connectivity index (χ4n) is 6.02. The normalized spacial score (nSPS) is 20.5. The lowest BCUT2D eigenvalue weighted by molar-refractivity contribution is -0.124. The van der Waals surface area contributed by atoms with Gasteiger partial charge >= 0.3 is 0 Å². The number of anilines is 1. The van der Waals surface area contributed by atoms with Crippen LogP contribution in [0.1, 0.15) is 48.8 Å². The lowest BCUT2D eigenvalue weighted by Crippen LogP contribution is -2.47. The highest BCUT2D eigenvalue weighted by Crippen LogP contribution is 2.48. The number of benzene rings is 3. The molecule has 1 amide bonds. The second kappa shape index (κ2) is 7.74. The van der Waals surface area contributed by atoms with E-state index in [4.69, 9.17) is 0 Å². The summed E-state index contributed by atoms with van der Waals surface area (Å²) in [6, 6.07) is 22.2. The summed E-state index contributed by atoms with van der Waals surface area (Å²) in [6.45, 7) is 6.24. The van der Waals surface area contributed by atoms with Crippen molar-refractivity contribution in [3.05, 3.63) is 77.4 Å². The number of aryl methyl sites for hydroxylation is 1. The Balaban J connectivity index is 1.21. The van der Waals surface area contributed by atoms with Crippen LogP contribution in [0.3, 0.4) is 0 Å². The maximum absolute atomic E-state index is 13.2. The van der Waals surface area contributed by atoms with Gasteiger partial charge < -0.3 is 4.90 Å². The Kier molecular flexibility index (Phi) is 4.83. The summed E-state index contributed by atoms with van der Waals surface area (Å²) >= 11 is 0. The second-order valence-corrected chi connectivity index (χ2v) is 10.3. The molecule has 3 nitrogen and oxygen atoms in total. The molecule has 164 valence electrons. The molecule has 0 unspecified atom stereocenters. The van der Waals surface area contributed by atoms with Gasteiger partial charge in [-0.05, 0) is 79.7 Å². The van der Waals surface area contributed by atoms with Crippen LogP contribution in [0.5, 0.6) is 0 Å². The van der Waals surface area contributed by atoms with Crippen molar-refractivity contribution in [1.29, 1.82) is 0 Å². The predicted octanol–water partition coefficient (Wildman–Crippen LogP) is 5.83. The first-order valence-electron chi connectivity index (χ1n) is 12.2. The highest BCUT2D eigenvalue weighted by molar-refractivity contribution is 5.98. The summed E-state index contributed by atoms with van der Waals surface area (Å²) in [5.74, 6) is 0.629. The van der Waals surface area contributed by atoms with E-state index >= 15 is 0 Å². The predicted molar refractivity (Wildman–Crippen MR) is 131 cm³/mol. The summed E-state index contributed by atoms with van der Waals surface area (Å²) in [6.07, 6.45) is 5.61. The third-order valence-electron chi connectivity index (χ3n) is 8.23. The van der Waals surface area contributed by atoms with Gasteiger partial charge in [-0.15, -0.1) is 0 Å². The number of rotatable bonds is 3. The van der Waals surface area contributed by atoms with Crippen LogP contribution < -0.4 is 4.90 Å². The summed E-state index contributed by atoms with van der Waals surface area (Å²) in [5, 5.41) is 2.63. The first-order valence-corrected chi connectivity index (χ1v) is 12.2. The number of likely N-dealkylation sites (tertiary alicyclic amines) is 1. The quantitative estimate of drug-likeness (QED) is 0.528. The molecular weight excluding hydrogens is 392 g/mol.